The maximum atomic E-state index is 13.1. The summed E-state index contributed by atoms with van der Waals surface area (Å²) in [5.74, 6) is -1.52. The second kappa shape index (κ2) is 11.9. The third-order valence-electron chi connectivity index (χ3n) is 7.30. The molecule has 0 unspecified atom stereocenters. The van der Waals surface area contributed by atoms with E-state index in [2.05, 4.69) is 16.0 Å². The van der Waals surface area contributed by atoms with Gasteiger partial charge in [0.2, 0.25) is 5.91 Å². The van der Waals surface area contributed by atoms with Crippen LogP contribution in [0.15, 0.2) is 59.5 Å². The van der Waals surface area contributed by atoms with Gasteiger partial charge in [-0.1, -0.05) is 30.7 Å². The number of hydrogen-bond donors (Lipinski definition) is 3. The van der Waals surface area contributed by atoms with E-state index >= 15 is 0 Å². The Balaban J connectivity index is 1.35. The summed E-state index contributed by atoms with van der Waals surface area (Å²) in [4.78, 5) is 25.1. The normalized spacial score (nSPS) is 22.3. The van der Waals surface area contributed by atoms with Crippen molar-refractivity contribution in [3.8, 4) is 0 Å². The molecule has 0 radical (unpaired) electrons. The van der Waals surface area contributed by atoms with Crippen molar-refractivity contribution in [1.29, 1.82) is 0 Å². The second-order valence-electron chi connectivity index (χ2n) is 10.1. The topological polar surface area (TPSA) is 104 Å². The summed E-state index contributed by atoms with van der Waals surface area (Å²) >= 11 is 0. The Kier molecular flexibility index (Phi) is 8.77. The molecule has 0 aliphatic heterocycles. The Morgan fingerprint density at radius 3 is 2.32 bits per heavy atom. The Hall–Kier alpha value is -2.92. The Labute approximate surface area is 220 Å². The van der Waals surface area contributed by atoms with Gasteiger partial charge in [-0.05, 0) is 68.4 Å². The van der Waals surface area contributed by atoms with Crippen molar-refractivity contribution in [3.05, 3.63) is 65.7 Å². The number of carbonyl (C=O) groups is 2. The molecule has 7 nitrogen and oxygen atoms in total. The fraction of sp³-hybridized carbons (Fsp3) is 0.481. The van der Waals surface area contributed by atoms with Gasteiger partial charge in [-0.3, -0.25) is 9.59 Å². The number of sulfone groups is 1. The van der Waals surface area contributed by atoms with Gasteiger partial charge < -0.3 is 16.0 Å². The van der Waals surface area contributed by atoms with Crippen LogP contribution in [-0.2, 0) is 20.8 Å². The summed E-state index contributed by atoms with van der Waals surface area (Å²) in [6.07, 6.45) is 0.532. The standard InChI is InChI=1S/C27H32F3N3O4S/c28-27(29,30)20-7-4-6-18(14-20)26(35)31-16-25(34)33-22-12-13-24(32-21-8-5-9-21)19(15-22)17-38(36,37)23-10-2-1-3-11-23/h1-4,6-7,10-11,14,19,21-22,24,32H,5,8-9,12-13,15-17H2,(H,31,35)(H,33,34)/t19-,22+,24-/m1/s1. The van der Waals surface area contributed by atoms with Crippen LogP contribution in [0.25, 0.3) is 0 Å². The van der Waals surface area contributed by atoms with Gasteiger partial charge in [-0.15, -0.1) is 0 Å². The van der Waals surface area contributed by atoms with E-state index in [1.807, 2.05) is 0 Å². The van der Waals surface area contributed by atoms with Crippen molar-refractivity contribution in [3.63, 3.8) is 0 Å². The van der Waals surface area contributed by atoms with Crippen molar-refractivity contribution < 1.29 is 31.2 Å². The van der Waals surface area contributed by atoms with E-state index < -0.39 is 39.9 Å². The van der Waals surface area contributed by atoms with Gasteiger partial charge in [-0.2, -0.15) is 13.2 Å². The van der Waals surface area contributed by atoms with Gasteiger partial charge in [0, 0.05) is 23.7 Å². The average Bonchev–Trinajstić information content (AvgIpc) is 2.85. The minimum atomic E-state index is -4.58. The first-order chi connectivity index (χ1) is 18.0. The third-order valence-corrected chi connectivity index (χ3v) is 9.16. The summed E-state index contributed by atoms with van der Waals surface area (Å²) in [6.45, 7) is -0.400. The van der Waals surface area contributed by atoms with E-state index in [4.69, 9.17) is 0 Å². The predicted octanol–water partition coefficient (Wildman–Crippen LogP) is 3.70. The van der Waals surface area contributed by atoms with Crippen LogP contribution in [0, 0.1) is 5.92 Å². The van der Waals surface area contributed by atoms with Crippen molar-refractivity contribution in [2.45, 2.75) is 67.7 Å². The maximum absolute atomic E-state index is 13.1. The number of rotatable bonds is 9. The quantitative estimate of drug-likeness (QED) is 0.441. The zero-order chi connectivity index (χ0) is 27.3. The van der Waals surface area contributed by atoms with E-state index in [9.17, 15) is 31.2 Å². The molecule has 2 amide bonds. The Morgan fingerprint density at radius 1 is 0.921 bits per heavy atom. The monoisotopic (exact) mass is 551 g/mol. The molecule has 2 aromatic rings. The third kappa shape index (κ3) is 7.35. The van der Waals surface area contributed by atoms with Crippen LogP contribution in [0.3, 0.4) is 0 Å². The summed E-state index contributed by atoms with van der Waals surface area (Å²) < 4.78 is 65.0. The highest BCUT2D eigenvalue weighted by Gasteiger charge is 2.36. The van der Waals surface area contributed by atoms with Crippen LogP contribution in [0.1, 0.15) is 54.4 Å². The molecule has 2 fully saturated rings. The number of alkyl halides is 3. The fourth-order valence-electron chi connectivity index (χ4n) is 5.06. The number of carbonyl (C=O) groups excluding carboxylic acids is 2. The number of nitrogens with one attached hydrogen (secondary N) is 3. The molecule has 0 aromatic heterocycles. The summed E-state index contributed by atoms with van der Waals surface area (Å²) in [6, 6.07) is 12.4. The van der Waals surface area contributed by atoms with Crippen molar-refractivity contribution in [2.75, 3.05) is 12.3 Å². The van der Waals surface area contributed by atoms with Gasteiger partial charge in [-0.25, -0.2) is 8.42 Å². The Bertz CT molecular complexity index is 1230. The van der Waals surface area contributed by atoms with E-state index in [-0.39, 0.29) is 34.2 Å². The second-order valence-corrected chi connectivity index (χ2v) is 12.1. The van der Waals surface area contributed by atoms with Crippen LogP contribution in [0.5, 0.6) is 0 Å². The summed E-state index contributed by atoms with van der Waals surface area (Å²) in [5, 5.41) is 8.84. The van der Waals surface area contributed by atoms with Crippen molar-refractivity contribution in [2.24, 2.45) is 5.92 Å². The molecule has 0 saturated heterocycles. The highest BCUT2D eigenvalue weighted by molar-refractivity contribution is 7.91. The lowest BCUT2D eigenvalue weighted by atomic mass is 9.80. The van der Waals surface area contributed by atoms with Crippen LogP contribution in [0.2, 0.25) is 0 Å². The van der Waals surface area contributed by atoms with Gasteiger partial charge in [0.15, 0.2) is 9.84 Å². The van der Waals surface area contributed by atoms with Crippen LogP contribution < -0.4 is 16.0 Å². The molecular weight excluding hydrogens is 519 g/mol. The molecular formula is C27H32F3N3O4S. The average molecular weight is 552 g/mol. The van der Waals surface area contributed by atoms with Gasteiger partial charge in [0.05, 0.1) is 22.8 Å². The van der Waals surface area contributed by atoms with Crippen LogP contribution in [0.4, 0.5) is 13.2 Å². The molecule has 0 bridgehead atoms. The zero-order valence-corrected chi connectivity index (χ0v) is 21.7. The molecule has 11 heteroatoms. The lowest BCUT2D eigenvalue weighted by molar-refractivity contribution is -0.137. The maximum Gasteiger partial charge on any atom is 0.416 e. The first kappa shape index (κ1) is 28.1. The molecule has 2 aliphatic carbocycles. The molecule has 2 aromatic carbocycles. The van der Waals surface area contributed by atoms with Gasteiger partial charge in [0.25, 0.3) is 5.91 Å². The summed E-state index contributed by atoms with van der Waals surface area (Å²) in [5.41, 5.74) is -1.14. The smallest absolute Gasteiger partial charge is 0.352 e. The van der Waals surface area contributed by atoms with Crippen LogP contribution >= 0.6 is 0 Å². The van der Waals surface area contributed by atoms with Gasteiger partial charge in [0.1, 0.15) is 0 Å². The van der Waals surface area contributed by atoms with E-state index in [0.29, 0.717) is 25.3 Å². The first-order valence-electron chi connectivity index (χ1n) is 12.8. The Morgan fingerprint density at radius 2 is 1.66 bits per heavy atom. The molecule has 3 N–H and O–H groups in total. The van der Waals surface area contributed by atoms with Crippen molar-refractivity contribution >= 4 is 21.7 Å². The van der Waals surface area contributed by atoms with E-state index in [0.717, 1.165) is 37.5 Å². The molecule has 38 heavy (non-hydrogen) atoms. The van der Waals surface area contributed by atoms with E-state index in [1.54, 1.807) is 30.3 Å². The fourth-order valence-corrected chi connectivity index (χ4v) is 6.76. The minimum absolute atomic E-state index is 0.0209. The first-order valence-corrected chi connectivity index (χ1v) is 14.4. The minimum Gasteiger partial charge on any atom is -0.352 e. The largest absolute Gasteiger partial charge is 0.416 e. The number of halogens is 3. The molecule has 3 atom stereocenters. The molecule has 0 spiro atoms. The SMILES string of the molecule is O=C(CNC(=O)c1cccc(C(F)(F)F)c1)N[C@H]1CC[C@@H](NC2CCC2)[C@@H](CS(=O)(=O)c2ccccc2)C1. The predicted molar refractivity (Wildman–Crippen MR) is 136 cm³/mol. The highest BCUT2D eigenvalue weighted by Crippen LogP contribution is 2.31. The molecule has 0 heterocycles. The molecule has 2 saturated carbocycles. The zero-order valence-electron chi connectivity index (χ0n) is 20.8. The number of benzene rings is 2. The van der Waals surface area contributed by atoms with Crippen molar-refractivity contribution in [1.82, 2.24) is 16.0 Å². The lowest BCUT2D eigenvalue weighted by Gasteiger charge is -2.40. The van der Waals surface area contributed by atoms with E-state index in [1.165, 1.54) is 6.07 Å². The lowest BCUT2D eigenvalue weighted by Crippen LogP contribution is -2.53. The molecule has 4 rings (SSSR count). The molecule has 2 aliphatic rings. The van der Waals surface area contributed by atoms with Gasteiger partial charge >= 0.3 is 6.18 Å². The van der Waals surface area contributed by atoms with Crippen LogP contribution in [-0.4, -0.2) is 50.7 Å². The number of amides is 2. The highest BCUT2D eigenvalue weighted by atomic mass is 32.2. The molecule has 206 valence electrons. The summed E-state index contributed by atoms with van der Waals surface area (Å²) in [7, 11) is -3.53. The number of hydrogen-bond acceptors (Lipinski definition) is 5.